The number of allylic oxidation sites excluding steroid dienone is 5. The van der Waals surface area contributed by atoms with Crippen molar-refractivity contribution in [3.8, 4) is 0 Å². The van der Waals surface area contributed by atoms with Crippen LogP contribution >= 0.6 is 0 Å². The Hall–Kier alpha value is -3.19. The molecule has 0 unspecified atom stereocenters. The molecule has 2 N–H and O–H groups in total. The van der Waals surface area contributed by atoms with Crippen molar-refractivity contribution in [3.63, 3.8) is 0 Å². The van der Waals surface area contributed by atoms with Gasteiger partial charge in [-0.1, -0.05) is 63.3 Å². The first kappa shape index (κ1) is 27.8. The van der Waals surface area contributed by atoms with E-state index in [2.05, 4.69) is 36.5 Å². The number of halogens is 2. The van der Waals surface area contributed by atoms with Crippen LogP contribution in [0.15, 0.2) is 73.1 Å². The number of amides is 1. The van der Waals surface area contributed by atoms with Crippen molar-refractivity contribution in [2.45, 2.75) is 40.0 Å². The number of nitrogens with one attached hydrogen (secondary N) is 1. The van der Waals surface area contributed by atoms with Gasteiger partial charge < -0.3 is 0 Å². The van der Waals surface area contributed by atoms with Crippen LogP contribution in [0.25, 0.3) is 5.57 Å². The van der Waals surface area contributed by atoms with Crippen molar-refractivity contribution < 1.29 is 18.8 Å². The van der Waals surface area contributed by atoms with Gasteiger partial charge in [-0.2, -0.15) is 0 Å². The summed E-state index contributed by atoms with van der Waals surface area (Å²) in [6, 6.07) is 7.94. The summed E-state index contributed by atoms with van der Waals surface area (Å²) >= 11 is 0. The van der Waals surface area contributed by atoms with Gasteiger partial charge in [0.1, 0.15) is 5.82 Å². The molecule has 0 bridgehead atoms. The molecule has 0 radical (unpaired) electrons. The summed E-state index contributed by atoms with van der Waals surface area (Å²) in [4.78, 5) is 16.6. The number of carbonyl (C=O) groups excluding carboxylic acids is 1. The minimum absolute atomic E-state index is 0.178. The standard InChI is InChI=1S/C14H15FN2.C6H5F.C3H8.CH3NO2/c1-3-11(12-6-7-12)5-4-10(2)14-16-8-13(15)9-17-14;7-6-4-2-1-3-5-6;1-3-2;3-1-2-4/h3-5,8-9,12H,2,6-7H2,1H3;1-5H;3H2,1-2H3;1,4H,(H,2,3)/b5-4-,11-3+;;;. The molecule has 31 heavy (non-hydrogen) atoms. The monoisotopic (exact) mass is 431 g/mol. The number of benzene rings is 1. The highest BCUT2D eigenvalue weighted by Gasteiger charge is 2.23. The van der Waals surface area contributed by atoms with Gasteiger partial charge in [0.2, 0.25) is 6.41 Å². The average molecular weight is 432 g/mol. The predicted octanol–water partition coefficient (Wildman–Crippen LogP) is 5.91. The summed E-state index contributed by atoms with van der Waals surface area (Å²) in [7, 11) is 0. The van der Waals surface area contributed by atoms with Gasteiger partial charge in [-0.3, -0.25) is 10.0 Å². The number of hydrogen-bond donors (Lipinski definition) is 2. The molecule has 0 spiro atoms. The fraction of sp³-hybridized carbons (Fsp3) is 0.292. The van der Waals surface area contributed by atoms with E-state index in [4.69, 9.17) is 10.0 Å². The fourth-order valence-corrected chi connectivity index (χ4v) is 2.05. The molecule has 7 heteroatoms. The van der Waals surface area contributed by atoms with Crippen molar-refractivity contribution in [1.82, 2.24) is 15.4 Å². The van der Waals surface area contributed by atoms with Crippen LogP contribution in [-0.2, 0) is 4.79 Å². The Labute approximate surface area is 183 Å². The maximum Gasteiger partial charge on any atom is 0.230 e. The number of hydroxylamine groups is 1. The van der Waals surface area contributed by atoms with Crippen molar-refractivity contribution >= 4 is 12.0 Å². The Morgan fingerprint density at radius 2 is 1.65 bits per heavy atom. The number of hydrogen-bond acceptors (Lipinski definition) is 4. The van der Waals surface area contributed by atoms with Crippen LogP contribution < -0.4 is 5.48 Å². The topological polar surface area (TPSA) is 75.1 Å². The van der Waals surface area contributed by atoms with Crippen molar-refractivity contribution in [1.29, 1.82) is 0 Å². The third kappa shape index (κ3) is 14.4. The number of nitrogens with zero attached hydrogens (tertiary/aromatic N) is 2. The van der Waals surface area contributed by atoms with Crippen LogP contribution in [0.2, 0.25) is 0 Å². The molecule has 1 heterocycles. The summed E-state index contributed by atoms with van der Waals surface area (Å²) in [5, 5.41) is 7.26. The van der Waals surface area contributed by atoms with E-state index in [9.17, 15) is 8.78 Å². The molecule has 1 aliphatic carbocycles. The van der Waals surface area contributed by atoms with Gasteiger partial charge in [-0.05, 0) is 43.4 Å². The van der Waals surface area contributed by atoms with E-state index in [1.807, 2.05) is 19.1 Å². The summed E-state index contributed by atoms with van der Waals surface area (Å²) in [5.41, 5.74) is 3.28. The molecule has 0 saturated heterocycles. The first-order chi connectivity index (χ1) is 14.9. The SMILES string of the molecule is C=C(/C=C\C(=C/C)C1CC1)c1ncc(F)cn1.CCC.Fc1ccccc1.O=CNO. The predicted molar refractivity (Wildman–Crippen MR) is 120 cm³/mol. The van der Waals surface area contributed by atoms with E-state index < -0.39 is 5.82 Å². The van der Waals surface area contributed by atoms with E-state index in [1.165, 1.54) is 42.4 Å². The van der Waals surface area contributed by atoms with Gasteiger partial charge >= 0.3 is 0 Å². The van der Waals surface area contributed by atoms with Crippen LogP contribution in [0, 0.1) is 17.6 Å². The van der Waals surface area contributed by atoms with Crippen molar-refractivity contribution in [2.24, 2.45) is 5.92 Å². The van der Waals surface area contributed by atoms with Crippen LogP contribution in [0.1, 0.15) is 45.9 Å². The minimum Gasteiger partial charge on any atom is -0.289 e. The Morgan fingerprint density at radius 1 is 1.13 bits per heavy atom. The quantitative estimate of drug-likeness (QED) is 0.267. The summed E-state index contributed by atoms with van der Waals surface area (Å²) in [6.45, 7) is 10.2. The van der Waals surface area contributed by atoms with E-state index in [1.54, 1.807) is 18.2 Å². The lowest BCUT2D eigenvalue weighted by Crippen LogP contribution is -1.99. The highest BCUT2D eigenvalue weighted by atomic mass is 19.1. The largest absolute Gasteiger partial charge is 0.289 e. The highest BCUT2D eigenvalue weighted by molar-refractivity contribution is 5.67. The van der Waals surface area contributed by atoms with Gasteiger partial charge in [0.15, 0.2) is 11.6 Å². The Morgan fingerprint density at radius 3 is 2.00 bits per heavy atom. The molecular formula is C24H31F2N3O2. The average Bonchev–Trinajstić information content (AvgIpc) is 3.62. The lowest BCUT2D eigenvalue weighted by molar-refractivity contribution is -0.116. The Bertz CT molecular complexity index is 803. The maximum atomic E-state index is 12.7. The third-order valence-electron chi connectivity index (χ3n) is 3.55. The molecule has 0 atom stereocenters. The third-order valence-corrected chi connectivity index (χ3v) is 3.55. The summed E-state index contributed by atoms with van der Waals surface area (Å²) < 4.78 is 24.6. The van der Waals surface area contributed by atoms with Crippen molar-refractivity contribution in [3.05, 3.63) is 90.6 Å². The lowest BCUT2D eigenvalue weighted by atomic mass is 10.1. The molecule has 0 aliphatic heterocycles. The number of rotatable bonds is 5. The van der Waals surface area contributed by atoms with Gasteiger partial charge in [0.05, 0.1) is 12.4 Å². The zero-order chi connectivity index (χ0) is 23.5. The van der Waals surface area contributed by atoms with Crippen LogP contribution in [0.4, 0.5) is 8.78 Å². The van der Waals surface area contributed by atoms with E-state index in [0.29, 0.717) is 17.3 Å². The molecule has 1 aromatic heterocycles. The molecule has 1 aliphatic rings. The molecule has 1 saturated carbocycles. The lowest BCUT2D eigenvalue weighted by Gasteiger charge is -1.99. The summed E-state index contributed by atoms with van der Waals surface area (Å²) in [6.07, 6.45) is 12.3. The zero-order valence-corrected chi connectivity index (χ0v) is 18.3. The second-order valence-electron chi connectivity index (χ2n) is 6.40. The van der Waals surface area contributed by atoms with Gasteiger partial charge in [-0.25, -0.2) is 24.2 Å². The molecule has 3 rings (SSSR count). The Balaban J connectivity index is 0.000000528. The van der Waals surface area contributed by atoms with E-state index in [-0.39, 0.29) is 12.2 Å². The van der Waals surface area contributed by atoms with E-state index in [0.717, 1.165) is 12.4 Å². The molecular weight excluding hydrogens is 400 g/mol. The smallest absolute Gasteiger partial charge is 0.230 e. The molecule has 5 nitrogen and oxygen atoms in total. The summed E-state index contributed by atoms with van der Waals surface area (Å²) in [5.74, 6) is 0.562. The molecule has 2 aromatic rings. The zero-order valence-electron chi connectivity index (χ0n) is 18.3. The first-order valence-electron chi connectivity index (χ1n) is 9.98. The molecule has 1 fully saturated rings. The first-order valence-corrected chi connectivity index (χ1v) is 9.98. The highest BCUT2D eigenvalue weighted by Crippen LogP contribution is 2.37. The second-order valence-corrected chi connectivity index (χ2v) is 6.40. The van der Waals surface area contributed by atoms with Crippen LogP contribution in [0.5, 0.6) is 0 Å². The number of aromatic nitrogens is 2. The normalized spacial score (nSPS) is 12.3. The van der Waals surface area contributed by atoms with E-state index >= 15 is 0 Å². The van der Waals surface area contributed by atoms with Gasteiger partial charge in [0, 0.05) is 5.57 Å². The molecule has 1 aromatic carbocycles. The van der Waals surface area contributed by atoms with Gasteiger partial charge in [0.25, 0.3) is 0 Å². The Kier molecular flexibility index (Phi) is 15.8. The minimum atomic E-state index is -0.433. The second kappa shape index (κ2) is 17.7. The molecule has 168 valence electrons. The van der Waals surface area contributed by atoms with Crippen LogP contribution in [-0.4, -0.2) is 21.6 Å². The van der Waals surface area contributed by atoms with Crippen molar-refractivity contribution in [2.75, 3.05) is 0 Å². The van der Waals surface area contributed by atoms with Crippen LogP contribution in [0.3, 0.4) is 0 Å². The fourth-order valence-electron chi connectivity index (χ4n) is 2.05. The number of carbonyl (C=O) groups is 1. The molecule has 1 amide bonds. The maximum absolute atomic E-state index is 12.7. The van der Waals surface area contributed by atoms with Gasteiger partial charge in [-0.15, -0.1) is 0 Å².